The van der Waals surface area contributed by atoms with E-state index in [1.165, 1.54) is 0 Å². The van der Waals surface area contributed by atoms with Crippen molar-refractivity contribution in [2.45, 2.75) is 25.8 Å². The summed E-state index contributed by atoms with van der Waals surface area (Å²) in [6, 6.07) is 5.33. The lowest BCUT2D eigenvalue weighted by Gasteiger charge is -1.99. The van der Waals surface area contributed by atoms with Crippen LogP contribution in [0, 0.1) is 0 Å². The fourth-order valence-electron chi connectivity index (χ4n) is 1.46. The van der Waals surface area contributed by atoms with Gasteiger partial charge in [-0.1, -0.05) is 28.4 Å². The highest BCUT2D eigenvalue weighted by Crippen LogP contribution is 2.27. The predicted molar refractivity (Wildman–Crippen MR) is 71.7 cm³/mol. The molecule has 0 aliphatic carbocycles. The molecule has 0 radical (unpaired) electrons. The molecule has 18 heavy (non-hydrogen) atoms. The lowest BCUT2D eigenvalue weighted by atomic mass is 10.2. The van der Waals surface area contributed by atoms with E-state index in [1.807, 2.05) is 6.92 Å². The molecule has 1 heterocycles. The summed E-state index contributed by atoms with van der Waals surface area (Å²) >= 11 is 11.8. The van der Waals surface area contributed by atoms with Gasteiger partial charge in [-0.15, -0.1) is 0 Å². The molecule has 2 N–H and O–H groups in total. The molecule has 1 unspecified atom stereocenters. The zero-order valence-corrected chi connectivity index (χ0v) is 11.4. The Morgan fingerprint density at radius 1 is 1.33 bits per heavy atom. The minimum atomic E-state index is 0.116. The number of halogens is 2. The first kappa shape index (κ1) is 13.3. The number of nitrogens with zero attached hydrogens (tertiary/aromatic N) is 2. The molecule has 96 valence electrons. The molecule has 1 aromatic carbocycles. The predicted octanol–water partition coefficient (Wildman–Crippen LogP) is 3.32. The Balaban J connectivity index is 2.16. The SMILES string of the molecule is CC(N)CCc1nc(-c2ccc(Cl)c(Cl)c2)no1. The van der Waals surface area contributed by atoms with Gasteiger partial charge in [0.15, 0.2) is 0 Å². The number of benzene rings is 1. The first-order valence-electron chi connectivity index (χ1n) is 5.60. The average Bonchev–Trinajstić information content (AvgIpc) is 2.79. The van der Waals surface area contributed by atoms with Crippen molar-refractivity contribution in [2.75, 3.05) is 0 Å². The van der Waals surface area contributed by atoms with Gasteiger partial charge in [0.25, 0.3) is 0 Å². The molecule has 0 saturated heterocycles. The Morgan fingerprint density at radius 2 is 2.11 bits per heavy atom. The van der Waals surface area contributed by atoms with Crippen LogP contribution in [0.3, 0.4) is 0 Å². The summed E-state index contributed by atoms with van der Waals surface area (Å²) in [5.41, 5.74) is 6.45. The van der Waals surface area contributed by atoms with E-state index in [9.17, 15) is 0 Å². The van der Waals surface area contributed by atoms with E-state index in [0.29, 0.717) is 28.2 Å². The summed E-state index contributed by atoms with van der Waals surface area (Å²) in [6.45, 7) is 1.94. The monoisotopic (exact) mass is 285 g/mol. The number of nitrogens with two attached hydrogens (primary N) is 1. The van der Waals surface area contributed by atoms with E-state index in [4.69, 9.17) is 33.5 Å². The topological polar surface area (TPSA) is 64.9 Å². The van der Waals surface area contributed by atoms with Crippen LogP contribution >= 0.6 is 23.2 Å². The van der Waals surface area contributed by atoms with Gasteiger partial charge in [0.05, 0.1) is 10.0 Å². The zero-order valence-electron chi connectivity index (χ0n) is 9.86. The molecule has 0 aliphatic rings. The van der Waals surface area contributed by atoms with Crippen molar-refractivity contribution in [1.29, 1.82) is 0 Å². The molecular formula is C12H13Cl2N3O. The van der Waals surface area contributed by atoms with Crippen LogP contribution in [0.5, 0.6) is 0 Å². The van der Waals surface area contributed by atoms with Gasteiger partial charge in [0.2, 0.25) is 11.7 Å². The van der Waals surface area contributed by atoms with Crippen molar-refractivity contribution >= 4 is 23.2 Å². The van der Waals surface area contributed by atoms with Crippen molar-refractivity contribution in [3.63, 3.8) is 0 Å². The van der Waals surface area contributed by atoms with Gasteiger partial charge in [-0.05, 0) is 31.5 Å². The molecule has 1 atom stereocenters. The molecule has 4 nitrogen and oxygen atoms in total. The normalized spacial score (nSPS) is 12.7. The maximum atomic E-state index is 5.94. The minimum Gasteiger partial charge on any atom is -0.339 e. The number of aromatic nitrogens is 2. The first-order chi connectivity index (χ1) is 8.56. The highest BCUT2D eigenvalue weighted by molar-refractivity contribution is 6.42. The number of rotatable bonds is 4. The fraction of sp³-hybridized carbons (Fsp3) is 0.333. The fourth-order valence-corrected chi connectivity index (χ4v) is 1.76. The Morgan fingerprint density at radius 3 is 2.78 bits per heavy atom. The second-order valence-corrected chi connectivity index (χ2v) is 4.97. The van der Waals surface area contributed by atoms with Gasteiger partial charge in [-0.2, -0.15) is 4.98 Å². The van der Waals surface area contributed by atoms with Gasteiger partial charge in [-0.25, -0.2) is 0 Å². The van der Waals surface area contributed by atoms with Crippen LogP contribution in [-0.4, -0.2) is 16.2 Å². The van der Waals surface area contributed by atoms with Crippen LogP contribution < -0.4 is 5.73 Å². The van der Waals surface area contributed by atoms with Crippen LogP contribution in [-0.2, 0) is 6.42 Å². The number of hydrogen-bond donors (Lipinski definition) is 1. The molecule has 0 bridgehead atoms. The van der Waals surface area contributed by atoms with Crippen molar-refractivity contribution in [1.82, 2.24) is 10.1 Å². The van der Waals surface area contributed by atoms with E-state index in [-0.39, 0.29) is 6.04 Å². The molecule has 1 aromatic heterocycles. The third-order valence-corrected chi connectivity index (χ3v) is 3.20. The Bertz CT molecular complexity index is 540. The van der Waals surface area contributed by atoms with E-state index >= 15 is 0 Å². The van der Waals surface area contributed by atoms with E-state index in [1.54, 1.807) is 18.2 Å². The smallest absolute Gasteiger partial charge is 0.227 e. The molecule has 0 aliphatic heterocycles. The van der Waals surface area contributed by atoms with Crippen LogP contribution in [0.15, 0.2) is 22.7 Å². The van der Waals surface area contributed by atoms with E-state index in [2.05, 4.69) is 10.1 Å². The first-order valence-corrected chi connectivity index (χ1v) is 6.35. The second kappa shape index (κ2) is 5.69. The maximum Gasteiger partial charge on any atom is 0.227 e. The third kappa shape index (κ3) is 3.22. The molecule has 0 amide bonds. The Labute approximate surface area is 115 Å². The summed E-state index contributed by atoms with van der Waals surface area (Å²) in [7, 11) is 0. The highest BCUT2D eigenvalue weighted by Gasteiger charge is 2.10. The van der Waals surface area contributed by atoms with E-state index in [0.717, 1.165) is 12.0 Å². The van der Waals surface area contributed by atoms with Crippen molar-refractivity contribution < 1.29 is 4.52 Å². The molecule has 6 heteroatoms. The van der Waals surface area contributed by atoms with Crippen molar-refractivity contribution in [2.24, 2.45) is 5.73 Å². The number of aryl methyl sites for hydroxylation is 1. The van der Waals surface area contributed by atoms with Gasteiger partial charge >= 0.3 is 0 Å². The molecular weight excluding hydrogens is 273 g/mol. The standard InChI is InChI=1S/C12H13Cl2N3O/c1-7(15)2-5-11-16-12(17-18-11)8-3-4-9(13)10(14)6-8/h3-4,6-7H,2,5,15H2,1H3. The largest absolute Gasteiger partial charge is 0.339 e. The summed E-state index contributed by atoms with van der Waals surface area (Å²) in [5, 5.41) is 4.88. The summed E-state index contributed by atoms with van der Waals surface area (Å²) in [6.07, 6.45) is 1.48. The molecule has 2 rings (SSSR count). The van der Waals surface area contributed by atoms with Crippen LogP contribution in [0.1, 0.15) is 19.2 Å². The lowest BCUT2D eigenvalue weighted by Crippen LogP contribution is -2.15. The average molecular weight is 286 g/mol. The van der Waals surface area contributed by atoms with Crippen LogP contribution in [0.2, 0.25) is 10.0 Å². The summed E-state index contributed by atoms with van der Waals surface area (Å²) < 4.78 is 5.15. The van der Waals surface area contributed by atoms with Crippen LogP contribution in [0.25, 0.3) is 11.4 Å². The molecule has 0 spiro atoms. The Kier molecular flexibility index (Phi) is 4.22. The quantitative estimate of drug-likeness (QED) is 0.936. The molecule has 2 aromatic rings. The second-order valence-electron chi connectivity index (χ2n) is 4.16. The van der Waals surface area contributed by atoms with Crippen LogP contribution in [0.4, 0.5) is 0 Å². The maximum absolute atomic E-state index is 5.94. The Hall–Kier alpha value is -1.10. The van der Waals surface area contributed by atoms with E-state index < -0.39 is 0 Å². The number of hydrogen-bond acceptors (Lipinski definition) is 4. The lowest BCUT2D eigenvalue weighted by molar-refractivity contribution is 0.372. The van der Waals surface area contributed by atoms with Crippen molar-refractivity contribution in [3.8, 4) is 11.4 Å². The van der Waals surface area contributed by atoms with Gasteiger partial charge in [0.1, 0.15) is 0 Å². The molecule has 0 saturated carbocycles. The van der Waals surface area contributed by atoms with Gasteiger partial charge < -0.3 is 10.3 Å². The summed E-state index contributed by atoms with van der Waals surface area (Å²) in [5.74, 6) is 1.08. The zero-order chi connectivity index (χ0) is 13.1. The van der Waals surface area contributed by atoms with Gasteiger partial charge in [-0.3, -0.25) is 0 Å². The molecule has 0 fully saturated rings. The minimum absolute atomic E-state index is 0.116. The third-order valence-electron chi connectivity index (χ3n) is 2.46. The summed E-state index contributed by atoms with van der Waals surface area (Å²) in [4.78, 5) is 4.29. The highest BCUT2D eigenvalue weighted by atomic mass is 35.5. The van der Waals surface area contributed by atoms with Crippen molar-refractivity contribution in [3.05, 3.63) is 34.1 Å². The van der Waals surface area contributed by atoms with Gasteiger partial charge in [0, 0.05) is 18.0 Å².